The minimum absolute atomic E-state index is 0.0644. The molecule has 0 spiro atoms. The number of hydrogen-bond donors (Lipinski definition) is 0. The maximum absolute atomic E-state index is 13.5. The Morgan fingerprint density at radius 2 is 1.79 bits per heavy atom. The molecule has 8 heteroatoms. The zero-order chi connectivity index (χ0) is 20.3. The van der Waals surface area contributed by atoms with Crippen LogP contribution in [0.3, 0.4) is 0 Å². The highest BCUT2D eigenvalue weighted by molar-refractivity contribution is 7.80. The van der Waals surface area contributed by atoms with Crippen LogP contribution in [0.5, 0.6) is 0 Å². The molecule has 0 aliphatic carbocycles. The van der Waals surface area contributed by atoms with Crippen LogP contribution in [0, 0.1) is 5.82 Å². The van der Waals surface area contributed by atoms with Gasteiger partial charge < -0.3 is 18.8 Å². The summed E-state index contributed by atoms with van der Waals surface area (Å²) in [6.45, 7) is 3.42. The molecule has 1 aromatic carbocycles. The first-order valence-corrected chi connectivity index (χ1v) is 9.34. The Kier molecular flexibility index (Phi) is 5.79. The summed E-state index contributed by atoms with van der Waals surface area (Å²) in [5.74, 6) is -2.38. The summed E-state index contributed by atoms with van der Waals surface area (Å²) >= 11 is 5.54. The van der Waals surface area contributed by atoms with Crippen LogP contribution in [0.2, 0.25) is 0 Å². The molecular formula is C20H20FNO5S. The van der Waals surface area contributed by atoms with Crippen LogP contribution in [0.4, 0.5) is 10.1 Å². The SMILES string of the molecule is CCOC(=O)C1(C(=O)OCC)C(c2ccco2)CC(=S)N1c1ccc(F)cc1. The number of esters is 2. The van der Waals surface area contributed by atoms with E-state index in [0.717, 1.165) is 0 Å². The Morgan fingerprint density at radius 1 is 1.18 bits per heavy atom. The predicted octanol–water partition coefficient (Wildman–Crippen LogP) is 3.61. The van der Waals surface area contributed by atoms with E-state index >= 15 is 0 Å². The van der Waals surface area contributed by atoms with Crippen LogP contribution in [0.1, 0.15) is 31.9 Å². The molecule has 3 rings (SSSR count). The lowest BCUT2D eigenvalue weighted by Crippen LogP contribution is -2.62. The van der Waals surface area contributed by atoms with Gasteiger partial charge in [0.25, 0.3) is 5.54 Å². The fourth-order valence-corrected chi connectivity index (χ4v) is 3.95. The quantitative estimate of drug-likeness (QED) is 0.413. The second-order valence-electron chi connectivity index (χ2n) is 6.19. The van der Waals surface area contributed by atoms with E-state index in [2.05, 4.69) is 0 Å². The topological polar surface area (TPSA) is 69.0 Å². The van der Waals surface area contributed by atoms with Gasteiger partial charge in [-0.2, -0.15) is 0 Å². The number of hydrogen-bond acceptors (Lipinski definition) is 6. The highest BCUT2D eigenvalue weighted by Crippen LogP contribution is 2.47. The lowest BCUT2D eigenvalue weighted by Gasteiger charge is -2.37. The maximum atomic E-state index is 13.5. The monoisotopic (exact) mass is 405 g/mol. The Hall–Kier alpha value is -2.74. The van der Waals surface area contributed by atoms with Gasteiger partial charge in [-0.1, -0.05) is 12.2 Å². The van der Waals surface area contributed by atoms with Crippen LogP contribution in [-0.4, -0.2) is 35.7 Å². The van der Waals surface area contributed by atoms with E-state index in [0.29, 0.717) is 16.4 Å². The molecule has 1 saturated heterocycles. The number of nitrogens with zero attached hydrogens (tertiary/aromatic N) is 1. The molecule has 0 saturated carbocycles. The summed E-state index contributed by atoms with van der Waals surface area (Å²) in [4.78, 5) is 28.2. The van der Waals surface area contributed by atoms with Crippen LogP contribution in [0.25, 0.3) is 0 Å². The summed E-state index contributed by atoms with van der Waals surface area (Å²) in [5, 5.41) is 0. The van der Waals surface area contributed by atoms with Gasteiger partial charge in [-0.15, -0.1) is 0 Å². The number of rotatable bonds is 6. The number of benzene rings is 1. The molecule has 1 unspecified atom stereocenters. The van der Waals surface area contributed by atoms with E-state index in [9.17, 15) is 14.0 Å². The maximum Gasteiger partial charge on any atom is 0.345 e. The first-order valence-electron chi connectivity index (χ1n) is 8.93. The first kappa shape index (κ1) is 20.0. The van der Waals surface area contributed by atoms with E-state index in [-0.39, 0.29) is 19.6 Å². The van der Waals surface area contributed by atoms with Crippen molar-refractivity contribution < 1.29 is 27.9 Å². The van der Waals surface area contributed by atoms with E-state index in [1.165, 1.54) is 35.4 Å². The molecule has 0 bridgehead atoms. The second kappa shape index (κ2) is 8.10. The summed E-state index contributed by atoms with van der Waals surface area (Å²) < 4.78 is 29.6. The van der Waals surface area contributed by atoms with Crippen molar-refractivity contribution in [1.82, 2.24) is 0 Å². The molecule has 0 radical (unpaired) electrons. The van der Waals surface area contributed by atoms with Gasteiger partial charge in [-0.3, -0.25) is 0 Å². The van der Waals surface area contributed by atoms with E-state index < -0.39 is 29.2 Å². The zero-order valence-electron chi connectivity index (χ0n) is 15.5. The van der Waals surface area contributed by atoms with Crippen LogP contribution >= 0.6 is 12.2 Å². The molecule has 6 nitrogen and oxygen atoms in total. The molecule has 1 aliphatic rings. The summed E-state index contributed by atoms with van der Waals surface area (Å²) in [7, 11) is 0. The van der Waals surface area contributed by atoms with E-state index in [1.54, 1.807) is 26.0 Å². The number of ether oxygens (including phenoxy) is 2. The van der Waals surface area contributed by atoms with Gasteiger partial charge in [0.05, 0.1) is 30.4 Å². The first-order chi connectivity index (χ1) is 13.5. The fourth-order valence-electron chi connectivity index (χ4n) is 3.53. The Bertz CT molecular complexity index is 847. The molecule has 0 amide bonds. The Balaban J connectivity index is 2.25. The van der Waals surface area contributed by atoms with Crippen LogP contribution in [0.15, 0.2) is 47.1 Å². The molecule has 28 heavy (non-hydrogen) atoms. The molecule has 0 N–H and O–H groups in total. The molecule has 2 heterocycles. The number of carbonyl (C=O) groups excluding carboxylic acids is 2. The van der Waals surface area contributed by atoms with E-state index in [4.69, 9.17) is 26.1 Å². The number of thiocarbonyl (C=S) groups is 1. The van der Waals surface area contributed by atoms with Crippen molar-refractivity contribution in [3.63, 3.8) is 0 Å². The number of anilines is 1. The lowest BCUT2D eigenvalue weighted by molar-refractivity contribution is -0.164. The highest BCUT2D eigenvalue weighted by Gasteiger charge is 2.66. The fraction of sp³-hybridized carbons (Fsp3) is 0.350. The molecule has 1 fully saturated rings. The number of furan rings is 1. The van der Waals surface area contributed by atoms with Crippen molar-refractivity contribution in [2.75, 3.05) is 18.1 Å². The third kappa shape index (κ3) is 3.17. The average Bonchev–Trinajstić information content (AvgIpc) is 3.29. The Labute approximate surface area is 167 Å². The van der Waals surface area contributed by atoms with Gasteiger partial charge in [0.1, 0.15) is 11.6 Å². The minimum Gasteiger partial charge on any atom is -0.469 e. The molecule has 2 aromatic rings. The normalized spacial score (nSPS) is 18.2. The van der Waals surface area contributed by atoms with Crippen molar-refractivity contribution in [3.05, 3.63) is 54.2 Å². The standard InChI is InChI=1S/C20H20FNO5S/c1-3-25-18(23)20(19(24)26-4-2)15(16-6-5-11-27-16)12-17(28)22(20)14-9-7-13(21)8-10-14/h5-11,15H,3-4,12H2,1-2H3. The van der Waals surface area contributed by atoms with E-state index in [1.807, 2.05) is 0 Å². The van der Waals surface area contributed by atoms with Crippen LogP contribution in [-0.2, 0) is 19.1 Å². The minimum atomic E-state index is -1.90. The number of carbonyl (C=O) groups is 2. The van der Waals surface area contributed by atoms with Crippen molar-refractivity contribution in [2.24, 2.45) is 0 Å². The second-order valence-corrected chi connectivity index (χ2v) is 6.66. The molecule has 148 valence electrons. The lowest BCUT2D eigenvalue weighted by atomic mass is 9.82. The summed E-state index contributed by atoms with van der Waals surface area (Å²) in [6, 6.07) is 8.73. The van der Waals surface area contributed by atoms with Gasteiger partial charge >= 0.3 is 11.9 Å². The largest absolute Gasteiger partial charge is 0.469 e. The highest BCUT2D eigenvalue weighted by atomic mass is 32.1. The molecule has 1 aromatic heterocycles. The van der Waals surface area contributed by atoms with Gasteiger partial charge in [-0.05, 0) is 50.2 Å². The van der Waals surface area contributed by atoms with Crippen molar-refractivity contribution in [2.45, 2.75) is 31.7 Å². The smallest absolute Gasteiger partial charge is 0.345 e. The third-order valence-electron chi connectivity index (χ3n) is 4.63. The molecule has 1 aliphatic heterocycles. The summed E-state index contributed by atoms with van der Waals surface area (Å²) in [5.41, 5.74) is -1.51. The van der Waals surface area contributed by atoms with Gasteiger partial charge in [-0.25, -0.2) is 14.0 Å². The van der Waals surface area contributed by atoms with Gasteiger partial charge in [0.2, 0.25) is 0 Å². The average molecular weight is 405 g/mol. The van der Waals surface area contributed by atoms with Crippen molar-refractivity contribution >= 4 is 34.8 Å². The zero-order valence-corrected chi connectivity index (χ0v) is 16.3. The summed E-state index contributed by atoms with van der Waals surface area (Å²) in [6.07, 6.45) is 1.65. The van der Waals surface area contributed by atoms with Gasteiger partial charge in [0.15, 0.2) is 0 Å². The molecule has 1 atom stereocenters. The third-order valence-corrected chi connectivity index (χ3v) is 4.98. The van der Waals surface area contributed by atoms with Gasteiger partial charge in [0, 0.05) is 12.1 Å². The van der Waals surface area contributed by atoms with Crippen molar-refractivity contribution in [3.8, 4) is 0 Å². The number of halogens is 1. The Morgan fingerprint density at radius 3 is 2.29 bits per heavy atom. The molecular weight excluding hydrogens is 385 g/mol. The predicted molar refractivity (Wildman–Crippen MR) is 104 cm³/mol. The van der Waals surface area contributed by atoms with Crippen LogP contribution < -0.4 is 4.90 Å². The van der Waals surface area contributed by atoms with Crippen molar-refractivity contribution in [1.29, 1.82) is 0 Å².